The number of rotatable bonds is 7. The van der Waals surface area contributed by atoms with E-state index in [0.29, 0.717) is 10.9 Å². The molecule has 0 amide bonds. The fourth-order valence-electron chi connectivity index (χ4n) is 6.85. The first-order chi connectivity index (χ1) is 21.5. The Balaban J connectivity index is 1.44. The summed E-state index contributed by atoms with van der Waals surface area (Å²) in [6.07, 6.45) is 4.27. The van der Waals surface area contributed by atoms with Crippen molar-refractivity contribution in [3.63, 3.8) is 0 Å². The topological polar surface area (TPSA) is 114 Å². The number of hydrogen-bond acceptors (Lipinski definition) is 7. The molecule has 13 heteroatoms. The molecule has 45 heavy (non-hydrogen) atoms. The monoisotopic (exact) mass is 652 g/mol. The van der Waals surface area contributed by atoms with E-state index in [-0.39, 0.29) is 45.0 Å². The number of carboxylic acid groups (broad SMARTS) is 1. The van der Waals surface area contributed by atoms with Crippen molar-refractivity contribution in [2.24, 2.45) is 17.8 Å². The van der Waals surface area contributed by atoms with Crippen LogP contribution < -0.4 is 5.32 Å². The zero-order valence-corrected chi connectivity index (χ0v) is 25.5. The Hall–Kier alpha value is -4.23. The van der Waals surface area contributed by atoms with Crippen molar-refractivity contribution >= 4 is 44.1 Å². The third-order valence-electron chi connectivity index (χ3n) is 9.02. The molecule has 3 aliphatic rings. The van der Waals surface area contributed by atoms with E-state index in [2.05, 4.69) is 15.3 Å². The van der Waals surface area contributed by atoms with E-state index < -0.39 is 50.9 Å². The second-order valence-electron chi connectivity index (χ2n) is 11.7. The van der Waals surface area contributed by atoms with E-state index in [1.807, 2.05) is 0 Å². The summed E-state index contributed by atoms with van der Waals surface area (Å²) >= 11 is 1.21. The van der Waals surface area contributed by atoms with Gasteiger partial charge in [-0.25, -0.2) is 35.5 Å². The van der Waals surface area contributed by atoms with E-state index in [4.69, 9.17) is 0 Å². The minimum atomic E-state index is -4.38. The Kier molecular flexibility index (Phi) is 7.20. The third-order valence-corrected chi connectivity index (χ3v) is 11.6. The van der Waals surface area contributed by atoms with E-state index in [1.165, 1.54) is 23.5 Å². The first-order valence-electron chi connectivity index (χ1n) is 14.5. The summed E-state index contributed by atoms with van der Waals surface area (Å²) in [5.41, 5.74) is 0.254. The number of fused-ring (bicyclic) bond motifs is 4. The van der Waals surface area contributed by atoms with Gasteiger partial charge in [-0.3, -0.25) is 4.79 Å². The number of aliphatic carboxylic acids is 1. The number of halogens is 3. The predicted octanol–water partition coefficient (Wildman–Crippen LogP) is 7.09. The largest absolute Gasteiger partial charge is 0.481 e. The van der Waals surface area contributed by atoms with E-state index in [1.54, 1.807) is 36.6 Å². The average Bonchev–Trinajstić information content (AvgIpc) is 3.68. The molecule has 2 N–H and O–H groups in total. The Morgan fingerprint density at radius 3 is 2.40 bits per heavy atom. The van der Waals surface area contributed by atoms with Crippen LogP contribution in [0.2, 0.25) is 0 Å². The molecule has 8 nitrogen and oxygen atoms in total. The second kappa shape index (κ2) is 11.0. The van der Waals surface area contributed by atoms with Crippen LogP contribution in [0, 0.1) is 42.1 Å². The van der Waals surface area contributed by atoms with Gasteiger partial charge in [-0.2, -0.15) is 0 Å². The highest BCUT2D eigenvalue weighted by molar-refractivity contribution is 7.90. The van der Waals surface area contributed by atoms with Crippen molar-refractivity contribution in [2.75, 3.05) is 5.32 Å². The Labute approximate surface area is 260 Å². The van der Waals surface area contributed by atoms with Gasteiger partial charge in [0.05, 0.1) is 15.7 Å². The summed E-state index contributed by atoms with van der Waals surface area (Å²) in [6, 6.07) is 10.3. The van der Waals surface area contributed by atoms with Gasteiger partial charge in [0.1, 0.15) is 17.0 Å². The highest BCUT2D eigenvalue weighted by Gasteiger charge is 2.47. The number of hydrogen-bond donors (Lipinski definition) is 2. The van der Waals surface area contributed by atoms with Crippen LogP contribution in [-0.4, -0.2) is 39.5 Å². The Morgan fingerprint density at radius 2 is 1.73 bits per heavy atom. The molecule has 5 aromatic rings. The number of nitrogens with zero attached hydrogens (tertiary/aromatic N) is 3. The SMILES string of the molecule is Cc1ccc(S(=O)(=O)n2cc(-c3nc(NC4C5CCC(CC5)C4C(=O)O)c(F)c(-c4cccs4)n3)c3cc(F)cc(F)c32)cc1. The van der Waals surface area contributed by atoms with Gasteiger partial charge >= 0.3 is 5.97 Å². The second-order valence-corrected chi connectivity index (χ2v) is 14.4. The molecule has 3 aliphatic carbocycles. The van der Waals surface area contributed by atoms with Crippen LogP contribution in [0.15, 0.2) is 65.0 Å². The average molecular weight is 653 g/mol. The maximum atomic E-state index is 16.2. The van der Waals surface area contributed by atoms with E-state index >= 15 is 8.78 Å². The Bertz CT molecular complexity index is 2060. The molecule has 3 saturated carbocycles. The zero-order chi connectivity index (χ0) is 31.6. The first-order valence-corrected chi connectivity index (χ1v) is 16.8. The van der Waals surface area contributed by atoms with Gasteiger partial charge in [0.2, 0.25) is 0 Å². The molecule has 8 rings (SSSR count). The van der Waals surface area contributed by atoms with Crippen LogP contribution in [-0.2, 0) is 14.8 Å². The number of nitrogens with one attached hydrogen (secondary N) is 1. The van der Waals surface area contributed by atoms with Crippen molar-refractivity contribution in [2.45, 2.75) is 43.5 Å². The minimum Gasteiger partial charge on any atom is -0.481 e. The molecule has 2 bridgehead atoms. The van der Waals surface area contributed by atoms with Gasteiger partial charge in [-0.1, -0.05) is 23.8 Å². The molecule has 0 radical (unpaired) electrons. The van der Waals surface area contributed by atoms with Crippen molar-refractivity contribution < 1.29 is 31.5 Å². The number of anilines is 1. The summed E-state index contributed by atoms with van der Waals surface area (Å²) < 4.78 is 74.6. The lowest BCUT2D eigenvalue weighted by Crippen LogP contribution is -2.51. The number of aromatic nitrogens is 3. The quantitative estimate of drug-likeness (QED) is 0.193. The van der Waals surface area contributed by atoms with Gasteiger partial charge in [-0.05, 0) is 74.1 Å². The summed E-state index contributed by atoms with van der Waals surface area (Å²) in [5, 5.41) is 14.8. The summed E-state index contributed by atoms with van der Waals surface area (Å²) in [6.45, 7) is 1.79. The first kappa shape index (κ1) is 29.5. The van der Waals surface area contributed by atoms with Crippen molar-refractivity contribution in [3.05, 3.63) is 83.1 Å². The van der Waals surface area contributed by atoms with Crippen molar-refractivity contribution in [1.82, 2.24) is 13.9 Å². The van der Waals surface area contributed by atoms with Crippen LogP contribution >= 0.6 is 11.3 Å². The van der Waals surface area contributed by atoms with Crippen LogP contribution in [0.1, 0.15) is 31.2 Å². The lowest BCUT2D eigenvalue weighted by Gasteiger charge is -2.47. The molecule has 2 atom stereocenters. The van der Waals surface area contributed by atoms with Gasteiger partial charge in [0, 0.05) is 29.3 Å². The van der Waals surface area contributed by atoms with E-state index in [0.717, 1.165) is 47.5 Å². The van der Waals surface area contributed by atoms with Gasteiger partial charge in [0.25, 0.3) is 10.0 Å². The summed E-state index contributed by atoms with van der Waals surface area (Å²) in [4.78, 5) is 21.5. The zero-order valence-electron chi connectivity index (χ0n) is 23.9. The summed E-state index contributed by atoms with van der Waals surface area (Å²) in [5.74, 6) is -5.09. The van der Waals surface area contributed by atoms with Crippen molar-refractivity contribution in [1.29, 1.82) is 0 Å². The maximum Gasteiger partial charge on any atom is 0.308 e. The number of carbonyl (C=O) groups is 1. The lowest BCUT2D eigenvalue weighted by molar-refractivity contribution is -0.148. The van der Waals surface area contributed by atoms with Crippen LogP contribution in [0.5, 0.6) is 0 Å². The molecular formula is C32H27F3N4O4S2. The van der Waals surface area contributed by atoms with Crippen LogP contribution in [0.3, 0.4) is 0 Å². The summed E-state index contributed by atoms with van der Waals surface area (Å²) in [7, 11) is -4.38. The third kappa shape index (κ3) is 4.98. The highest BCUT2D eigenvalue weighted by atomic mass is 32.2. The van der Waals surface area contributed by atoms with Crippen LogP contribution in [0.25, 0.3) is 32.9 Å². The number of benzene rings is 2. The Morgan fingerprint density at radius 1 is 1.02 bits per heavy atom. The molecule has 3 fully saturated rings. The maximum absolute atomic E-state index is 16.2. The molecule has 0 aliphatic heterocycles. The number of carboxylic acids is 1. The predicted molar refractivity (Wildman–Crippen MR) is 164 cm³/mol. The number of aryl methyl sites for hydroxylation is 1. The molecule has 2 unspecified atom stereocenters. The van der Waals surface area contributed by atoms with Gasteiger partial charge < -0.3 is 10.4 Å². The molecule has 2 aromatic carbocycles. The molecular weight excluding hydrogens is 626 g/mol. The molecule has 3 aromatic heterocycles. The van der Waals surface area contributed by atoms with Crippen molar-refractivity contribution in [3.8, 4) is 22.0 Å². The smallest absolute Gasteiger partial charge is 0.308 e. The highest BCUT2D eigenvalue weighted by Crippen LogP contribution is 2.47. The molecule has 3 heterocycles. The molecule has 0 saturated heterocycles. The minimum absolute atomic E-state index is 0.0103. The van der Waals surface area contributed by atoms with Gasteiger partial charge in [0.15, 0.2) is 23.3 Å². The fraction of sp³-hybridized carbons (Fsp3) is 0.281. The van der Waals surface area contributed by atoms with Gasteiger partial charge in [-0.15, -0.1) is 11.3 Å². The van der Waals surface area contributed by atoms with E-state index in [9.17, 15) is 22.7 Å². The fourth-order valence-corrected chi connectivity index (χ4v) is 8.93. The molecule has 232 valence electrons. The van der Waals surface area contributed by atoms with Crippen LogP contribution in [0.4, 0.5) is 19.0 Å². The normalized spacial score (nSPS) is 21.3. The number of thiophene rings is 1. The lowest BCUT2D eigenvalue weighted by atomic mass is 9.61. The standard InChI is InChI=1S/C32H27F3N4O4S2/c1-16-4-10-20(11-5-16)45(42,43)39-15-22(21-13-19(33)14-23(34)29(21)39)30-37-28(24-3-2-12-44-24)26(35)31(38-30)36-27-18-8-6-17(7-9-18)25(27)32(40)41/h2-5,10-15,17-18,25,27H,6-9H2,1H3,(H,40,41)(H,36,37,38). The molecule has 0 spiro atoms.